The molecule has 1 aromatic carbocycles. The maximum atomic E-state index is 12.1. The van der Waals surface area contributed by atoms with Crippen LogP contribution in [0.25, 0.3) is 0 Å². The Morgan fingerprint density at radius 2 is 1.95 bits per heavy atom. The van der Waals surface area contributed by atoms with Gasteiger partial charge in [0.05, 0.1) is 6.42 Å². The van der Waals surface area contributed by atoms with Gasteiger partial charge in [-0.25, -0.2) is 4.79 Å². The predicted molar refractivity (Wildman–Crippen MR) is 76.5 cm³/mol. The normalized spacial score (nSPS) is 17.4. The Morgan fingerprint density at radius 1 is 1.30 bits per heavy atom. The highest BCUT2D eigenvalue weighted by atomic mass is 16.4. The average molecular weight is 275 g/mol. The largest absolute Gasteiger partial charge is 0.480 e. The van der Waals surface area contributed by atoms with Crippen LogP contribution in [-0.4, -0.2) is 22.5 Å². The van der Waals surface area contributed by atoms with E-state index in [2.05, 4.69) is 5.32 Å². The van der Waals surface area contributed by atoms with Crippen LogP contribution in [0.2, 0.25) is 0 Å². The summed E-state index contributed by atoms with van der Waals surface area (Å²) in [6.07, 6.45) is 1.95. The quantitative estimate of drug-likeness (QED) is 0.866. The van der Waals surface area contributed by atoms with E-state index in [1.54, 1.807) is 6.92 Å². The minimum absolute atomic E-state index is 0.0590. The fourth-order valence-electron chi connectivity index (χ4n) is 2.42. The van der Waals surface area contributed by atoms with Crippen molar-refractivity contribution in [1.82, 2.24) is 5.32 Å². The molecule has 0 spiro atoms. The standard InChI is InChI=1S/C16H21NO3/c1-10-4-5-12(8-11(10)2)9-14(18)17-16(3,15(19)20)13-6-7-13/h4-5,8,13H,6-7,9H2,1-3H3,(H,17,18)(H,19,20). The van der Waals surface area contributed by atoms with Crippen LogP contribution in [0.1, 0.15) is 36.5 Å². The Morgan fingerprint density at radius 3 is 2.45 bits per heavy atom. The molecule has 0 aromatic heterocycles. The minimum Gasteiger partial charge on any atom is -0.480 e. The second-order valence-electron chi connectivity index (χ2n) is 5.93. The van der Waals surface area contributed by atoms with E-state index < -0.39 is 11.5 Å². The van der Waals surface area contributed by atoms with Crippen molar-refractivity contribution in [2.45, 2.75) is 45.6 Å². The summed E-state index contributed by atoms with van der Waals surface area (Å²) in [5.41, 5.74) is 2.10. The first kappa shape index (κ1) is 14.6. The number of aryl methyl sites for hydroxylation is 2. The highest BCUT2D eigenvalue weighted by Gasteiger charge is 2.48. The Hall–Kier alpha value is -1.84. The molecule has 108 valence electrons. The van der Waals surface area contributed by atoms with Gasteiger partial charge in [-0.05, 0) is 56.2 Å². The zero-order chi connectivity index (χ0) is 14.9. The SMILES string of the molecule is Cc1ccc(CC(=O)NC(C)(C(=O)O)C2CC2)cc1C. The van der Waals surface area contributed by atoms with Crippen molar-refractivity contribution in [3.8, 4) is 0 Å². The molecule has 1 unspecified atom stereocenters. The minimum atomic E-state index is -1.13. The van der Waals surface area contributed by atoms with Crippen LogP contribution in [0, 0.1) is 19.8 Å². The molecule has 0 aliphatic heterocycles. The summed E-state index contributed by atoms with van der Waals surface area (Å²) in [5.74, 6) is -1.12. The Bertz CT molecular complexity index is 549. The van der Waals surface area contributed by atoms with Crippen molar-refractivity contribution in [2.24, 2.45) is 5.92 Å². The van der Waals surface area contributed by atoms with E-state index in [0.29, 0.717) is 0 Å². The lowest BCUT2D eigenvalue weighted by Gasteiger charge is -2.26. The van der Waals surface area contributed by atoms with E-state index in [9.17, 15) is 14.7 Å². The second-order valence-corrected chi connectivity index (χ2v) is 5.93. The molecule has 20 heavy (non-hydrogen) atoms. The van der Waals surface area contributed by atoms with Gasteiger partial charge < -0.3 is 10.4 Å². The van der Waals surface area contributed by atoms with Gasteiger partial charge in [-0.2, -0.15) is 0 Å². The number of nitrogens with one attached hydrogen (secondary N) is 1. The van der Waals surface area contributed by atoms with E-state index in [1.807, 2.05) is 32.0 Å². The molecular formula is C16H21NO3. The van der Waals surface area contributed by atoms with Gasteiger partial charge in [-0.3, -0.25) is 4.79 Å². The monoisotopic (exact) mass is 275 g/mol. The molecule has 1 atom stereocenters. The van der Waals surface area contributed by atoms with Gasteiger partial charge in [0, 0.05) is 0 Å². The Labute approximate surface area is 119 Å². The third kappa shape index (κ3) is 3.00. The number of carboxylic acid groups (broad SMARTS) is 1. The third-order valence-electron chi connectivity index (χ3n) is 4.17. The van der Waals surface area contributed by atoms with Crippen molar-refractivity contribution in [1.29, 1.82) is 0 Å². The van der Waals surface area contributed by atoms with Gasteiger partial charge in [0.25, 0.3) is 0 Å². The fourth-order valence-corrected chi connectivity index (χ4v) is 2.42. The molecule has 0 radical (unpaired) electrons. The summed E-state index contributed by atoms with van der Waals surface area (Å²) < 4.78 is 0. The molecule has 1 saturated carbocycles. The van der Waals surface area contributed by atoms with Gasteiger partial charge >= 0.3 is 5.97 Å². The van der Waals surface area contributed by atoms with Crippen LogP contribution in [-0.2, 0) is 16.0 Å². The molecule has 1 aromatic rings. The number of rotatable bonds is 5. The first-order valence-electron chi connectivity index (χ1n) is 6.93. The van der Waals surface area contributed by atoms with Crippen molar-refractivity contribution in [3.63, 3.8) is 0 Å². The number of carbonyl (C=O) groups is 2. The topological polar surface area (TPSA) is 66.4 Å². The molecule has 0 bridgehead atoms. The number of carbonyl (C=O) groups excluding carboxylic acids is 1. The third-order valence-corrected chi connectivity index (χ3v) is 4.17. The molecule has 4 nitrogen and oxygen atoms in total. The molecule has 0 saturated heterocycles. The molecule has 1 amide bonds. The van der Waals surface area contributed by atoms with Crippen molar-refractivity contribution in [2.75, 3.05) is 0 Å². The van der Waals surface area contributed by atoms with Crippen LogP contribution in [0.4, 0.5) is 0 Å². The number of aliphatic carboxylic acids is 1. The summed E-state index contributed by atoms with van der Waals surface area (Å²) in [5, 5.41) is 12.0. The Kier molecular flexibility index (Phi) is 3.84. The Balaban J connectivity index is 2.04. The molecule has 0 heterocycles. The van der Waals surface area contributed by atoms with E-state index >= 15 is 0 Å². The van der Waals surface area contributed by atoms with Gasteiger partial charge in [-0.15, -0.1) is 0 Å². The molecule has 2 N–H and O–H groups in total. The maximum Gasteiger partial charge on any atom is 0.329 e. The molecule has 2 rings (SSSR count). The van der Waals surface area contributed by atoms with Gasteiger partial charge in [0.15, 0.2) is 0 Å². The summed E-state index contributed by atoms with van der Waals surface area (Å²) in [6, 6.07) is 5.87. The summed E-state index contributed by atoms with van der Waals surface area (Å²) in [4.78, 5) is 23.5. The smallest absolute Gasteiger partial charge is 0.329 e. The van der Waals surface area contributed by atoms with E-state index in [0.717, 1.165) is 24.0 Å². The molecular weight excluding hydrogens is 254 g/mol. The van der Waals surface area contributed by atoms with Crippen LogP contribution < -0.4 is 5.32 Å². The van der Waals surface area contributed by atoms with Crippen molar-refractivity contribution in [3.05, 3.63) is 34.9 Å². The molecule has 1 aliphatic carbocycles. The second kappa shape index (κ2) is 5.27. The van der Waals surface area contributed by atoms with Crippen LogP contribution in [0.3, 0.4) is 0 Å². The number of hydrogen-bond acceptors (Lipinski definition) is 2. The van der Waals surface area contributed by atoms with E-state index in [4.69, 9.17) is 0 Å². The van der Waals surface area contributed by atoms with E-state index in [1.165, 1.54) is 5.56 Å². The summed E-state index contributed by atoms with van der Waals surface area (Å²) in [6.45, 7) is 5.63. The van der Waals surface area contributed by atoms with Crippen LogP contribution >= 0.6 is 0 Å². The maximum absolute atomic E-state index is 12.1. The number of carboxylic acids is 1. The van der Waals surface area contributed by atoms with Gasteiger partial charge in [0.1, 0.15) is 5.54 Å². The number of hydrogen-bond donors (Lipinski definition) is 2. The number of benzene rings is 1. The number of amides is 1. The van der Waals surface area contributed by atoms with Crippen LogP contribution in [0.5, 0.6) is 0 Å². The molecule has 1 aliphatic rings. The predicted octanol–water partition coefficient (Wildman–Crippen LogP) is 2.22. The summed E-state index contributed by atoms with van der Waals surface area (Å²) >= 11 is 0. The first-order valence-corrected chi connectivity index (χ1v) is 6.93. The van der Waals surface area contributed by atoms with Gasteiger partial charge in [0.2, 0.25) is 5.91 Å². The highest BCUT2D eigenvalue weighted by Crippen LogP contribution is 2.39. The fraction of sp³-hybridized carbons (Fsp3) is 0.500. The molecule has 4 heteroatoms. The van der Waals surface area contributed by atoms with Crippen LogP contribution in [0.15, 0.2) is 18.2 Å². The average Bonchev–Trinajstić information content (AvgIpc) is 3.17. The zero-order valence-corrected chi connectivity index (χ0v) is 12.2. The zero-order valence-electron chi connectivity index (χ0n) is 12.2. The molecule has 1 fully saturated rings. The summed E-state index contributed by atoms with van der Waals surface area (Å²) in [7, 11) is 0. The lowest BCUT2D eigenvalue weighted by Crippen LogP contribution is -2.54. The highest BCUT2D eigenvalue weighted by molar-refractivity contribution is 5.88. The lowest BCUT2D eigenvalue weighted by molar-refractivity contribution is -0.147. The van der Waals surface area contributed by atoms with E-state index in [-0.39, 0.29) is 18.2 Å². The van der Waals surface area contributed by atoms with Crippen molar-refractivity contribution < 1.29 is 14.7 Å². The van der Waals surface area contributed by atoms with Gasteiger partial charge in [-0.1, -0.05) is 18.2 Å². The first-order chi connectivity index (χ1) is 9.33. The van der Waals surface area contributed by atoms with Crippen molar-refractivity contribution >= 4 is 11.9 Å². The lowest BCUT2D eigenvalue weighted by atomic mass is 9.95.